The fourth-order valence-electron chi connectivity index (χ4n) is 3.99. The molecule has 0 bridgehead atoms. The molecule has 2 aliphatic rings. The van der Waals surface area contributed by atoms with Gasteiger partial charge in [-0.2, -0.15) is 0 Å². The largest absolute Gasteiger partial charge is 0.349 e. The van der Waals surface area contributed by atoms with Gasteiger partial charge in [0.2, 0.25) is 5.91 Å². The lowest BCUT2D eigenvalue weighted by Gasteiger charge is -2.32. The number of nitrogens with one attached hydrogen (secondary N) is 1. The first-order chi connectivity index (χ1) is 14.5. The van der Waals surface area contributed by atoms with E-state index in [0.29, 0.717) is 60.7 Å². The molecule has 1 aromatic carbocycles. The summed E-state index contributed by atoms with van der Waals surface area (Å²) in [4.78, 5) is 45.1. The van der Waals surface area contributed by atoms with E-state index in [1.807, 2.05) is 0 Å². The van der Waals surface area contributed by atoms with Crippen LogP contribution in [0.1, 0.15) is 46.4 Å². The zero-order chi connectivity index (χ0) is 21.1. The van der Waals surface area contributed by atoms with Gasteiger partial charge in [-0.25, -0.2) is 0 Å². The molecule has 0 spiro atoms. The van der Waals surface area contributed by atoms with Gasteiger partial charge in [0.25, 0.3) is 11.8 Å². The summed E-state index contributed by atoms with van der Waals surface area (Å²) >= 11 is 6.12. The minimum Gasteiger partial charge on any atom is -0.349 e. The maximum absolute atomic E-state index is 13.0. The number of halogens is 1. The lowest BCUT2D eigenvalue weighted by atomic mass is 10.0. The Hall–Kier alpha value is -2.93. The van der Waals surface area contributed by atoms with Crippen molar-refractivity contribution in [3.8, 4) is 0 Å². The van der Waals surface area contributed by atoms with Gasteiger partial charge in [-0.05, 0) is 49.6 Å². The molecule has 0 atom stereocenters. The number of hydrogen-bond donors (Lipinski definition) is 1. The van der Waals surface area contributed by atoms with E-state index in [0.717, 1.165) is 6.42 Å². The van der Waals surface area contributed by atoms with Crippen LogP contribution in [0.4, 0.5) is 5.69 Å². The first-order valence-corrected chi connectivity index (χ1v) is 10.5. The molecule has 0 aliphatic carbocycles. The molecule has 0 unspecified atom stereocenters. The quantitative estimate of drug-likeness (QED) is 0.814. The molecule has 1 aromatic heterocycles. The van der Waals surface area contributed by atoms with Crippen molar-refractivity contribution in [3.05, 3.63) is 58.9 Å². The smallest absolute Gasteiger partial charge is 0.253 e. The Morgan fingerprint density at radius 2 is 1.80 bits per heavy atom. The highest BCUT2D eigenvalue weighted by Gasteiger charge is 2.28. The normalized spacial score (nSPS) is 17.3. The summed E-state index contributed by atoms with van der Waals surface area (Å²) in [6.07, 6.45) is 5.82. The van der Waals surface area contributed by atoms with Crippen molar-refractivity contribution < 1.29 is 14.4 Å². The van der Waals surface area contributed by atoms with Crippen LogP contribution in [0, 0.1) is 0 Å². The van der Waals surface area contributed by atoms with E-state index in [9.17, 15) is 14.4 Å². The predicted molar refractivity (Wildman–Crippen MR) is 114 cm³/mol. The van der Waals surface area contributed by atoms with Crippen LogP contribution in [-0.4, -0.2) is 53.3 Å². The van der Waals surface area contributed by atoms with Crippen molar-refractivity contribution in [2.75, 3.05) is 24.5 Å². The van der Waals surface area contributed by atoms with Crippen LogP contribution in [0.15, 0.2) is 42.7 Å². The third-order valence-corrected chi connectivity index (χ3v) is 5.85. The third kappa shape index (κ3) is 4.31. The summed E-state index contributed by atoms with van der Waals surface area (Å²) in [5.41, 5.74) is 1.63. The number of amides is 3. The van der Waals surface area contributed by atoms with Crippen LogP contribution < -0.4 is 10.2 Å². The number of aromatic nitrogens is 1. The molecule has 4 rings (SSSR count). The van der Waals surface area contributed by atoms with Gasteiger partial charge >= 0.3 is 0 Å². The van der Waals surface area contributed by atoms with E-state index in [1.54, 1.807) is 52.5 Å². The van der Waals surface area contributed by atoms with E-state index in [-0.39, 0.29) is 23.8 Å². The summed E-state index contributed by atoms with van der Waals surface area (Å²) in [5.74, 6) is -0.232. The highest BCUT2D eigenvalue weighted by atomic mass is 35.5. The average molecular weight is 427 g/mol. The van der Waals surface area contributed by atoms with Crippen LogP contribution >= 0.6 is 11.6 Å². The lowest BCUT2D eigenvalue weighted by molar-refractivity contribution is -0.117. The highest BCUT2D eigenvalue weighted by molar-refractivity contribution is 6.31. The molecular weight excluding hydrogens is 404 g/mol. The maximum atomic E-state index is 13.0. The second kappa shape index (κ2) is 8.83. The maximum Gasteiger partial charge on any atom is 0.253 e. The van der Waals surface area contributed by atoms with Crippen LogP contribution in [-0.2, 0) is 4.79 Å². The summed E-state index contributed by atoms with van der Waals surface area (Å²) in [6, 6.07) is 8.39. The first-order valence-electron chi connectivity index (χ1n) is 10.1. The SMILES string of the molecule is O=C(NC1CCN(C(=O)c2ccncc2)CC1)c1ccc(Cl)cc1N1CCCC1=O. The molecule has 1 N–H and O–H groups in total. The highest BCUT2D eigenvalue weighted by Crippen LogP contribution is 2.29. The number of hydrogen-bond acceptors (Lipinski definition) is 4. The second-order valence-electron chi connectivity index (χ2n) is 7.59. The van der Waals surface area contributed by atoms with Gasteiger partial charge in [0.05, 0.1) is 11.3 Å². The molecule has 8 heteroatoms. The Kier molecular flexibility index (Phi) is 5.99. The number of nitrogens with zero attached hydrogens (tertiary/aromatic N) is 3. The fraction of sp³-hybridized carbons (Fsp3) is 0.364. The van der Waals surface area contributed by atoms with E-state index in [1.165, 1.54) is 0 Å². The van der Waals surface area contributed by atoms with Gasteiger partial charge in [0, 0.05) is 55.1 Å². The van der Waals surface area contributed by atoms with Gasteiger partial charge < -0.3 is 15.1 Å². The Balaban J connectivity index is 1.40. The Bertz CT molecular complexity index is 958. The summed E-state index contributed by atoms with van der Waals surface area (Å²) in [5, 5.41) is 3.55. The molecule has 2 saturated heterocycles. The van der Waals surface area contributed by atoms with Gasteiger partial charge in [-0.15, -0.1) is 0 Å². The van der Waals surface area contributed by atoms with Crippen molar-refractivity contribution in [3.63, 3.8) is 0 Å². The molecule has 2 aliphatic heterocycles. The topological polar surface area (TPSA) is 82.6 Å². The third-order valence-electron chi connectivity index (χ3n) is 5.61. The van der Waals surface area contributed by atoms with Crippen LogP contribution in [0.3, 0.4) is 0 Å². The number of rotatable bonds is 4. The molecule has 0 radical (unpaired) electrons. The van der Waals surface area contributed by atoms with E-state index in [4.69, 9.17) is 11.6 Å². The molecule has 0 saturated carbocycles. The molecule has 2 fully saturated rings. The lowest BCUT2D eigenvalue weighted by Crippen LogP contribution is -2.46. The van der Waals surface area contributed by atoms with Crippen molar-refractivity contribution >= 4 is 35.0 Å². The molecular formula is C22H23ClN4O3. The number of carbonyl (C=O) groups excluding carboxylic acids is 3. The first kappa shape index (κ1) is 20.3. The number of anilines is 1. The summed E-state index contributed by atoms with van der Waals surface area (Å²) in [6.45, 7) is 1.74. The van der Waals surface area contributed by atoms with Crippen molar-refractivity contribution in [1.29, 1.82) is 0 Å². The van der Waals surface area contributed by atoms with Crippen LogP contribution in [0.5, 0.6) is 0 Å². The molecule has 30 heavy (non-hydrogen) atoms. The number of carbonyl (C=O) groups is 3. The van der Waals surface area contributed by atoms with Crippen LogP contribution in [0.25, 0.3) is 0 Å². The molecule has 3 amide bonds. The Labute approximate surface area is 180 Å². The number of piperidine rings is 1. The molecule has 7 nitrogen and oxygen atoms in total. The minimum absolute atomic E-state index is 0.00856. The van der Waals surface area contributed by atoms with Gasteiger partial charge in [-0.1, -0.05) is 11.6 Å². The Morgan fingerprint density at radius 1 is 1.07 bits per heavy atom. The van der Waals surface area contributed by atoms with E-state index in [2.05, 4.69) is 10.3 Å². The number of likely N-dealkylation sites (tertiary alicyclic amines) is 1. The van der Waals surface area contributed by atoms with E-state index < -0.39 is 0 Å². The number of benzene rings is 1. The van der Waals surface area contributed by atoms with E-state index >= 15 is 0 Å². The second-order valence-corrected chi connectivity index (χ2v) is 8.02. The molecule has 156 valence electrons. The molecule has 2 aromatic rings. The zero-order valence-electron chi connectivity index (χ0n) is 16.5. The number of pyridine rings is 1. The minimum atomic E-state index is -0.222. The summed E-state index contributed by atoms with van der Waals surface area (Å²) < 4.78 is 0. The van der Waals surface area contributed by atoms with Crippen LogP contribution in [0.2, 0.25) is 5.02 Å². The summed E-state index contributed by atoms with van der Waals surface area (Å²) in [7, 11) is 0. The fourth-order valence-corrected chi connectivity index (χ4v) is 4.16. The zero-order valence-corrected chi connectivity index (χ0v) is 17.3. The van der Waals surface area contributed by atoms with Crippen molar-refractivity contribution in [2.24, 2.45) is 0 Å². The van der Waals surface area contributed by atoms with Gasteiger partial charge in [0.1, 0.15) is 0 Å². The van der Waals surface area contributed by atoms with Crippen molar-refractivity contribution in [1.82, 2.24) is 15.2 Å². The monoisotopic (exact) mass is 426 g/mol. The average Bonchev–Trinajstić information content (AvgIpc) is 3.20. The van der Waals surface area contributed by atoms with Crippen molar-refractivity contribution in [2.45, 2.75) is 31.7 Å². The predicted octanol–water partition coefficient (Wildman–Crippen LogP) is 2.90. The standard InChI is InChI=1S/C22H23ClN4O3/c23-16-3-4-18(19(14-16)27-11-1-2-20(27)28)21(29)25-17-7-12-26(13-8-17)22(30)15-5-9-24-10-6-15/h3-6,9-10,14,17H,1-2,7-8,11-13H2,(H,25,29). The van der Waals surface area contributed by atoms with Gasteiger partial charge in [0.15, 0.2) is 0 Å². The Morgan fingerprint density at radius 3 is 2.47 bits per heavy atom. The van der Waals surface area contributed by atoms with Gasteiger partial charge in [-0.3, -0.25) is 19.4 Å². The molecule has 3 heterocycles.